The molecule has 0 aliphatic carbocycles. The Morgan fingerprint density at radius 3 is 2.79 bits per heavy atom. The van der Waals surface area contributed by atoms with Gasteiger partial charge in [0.2, 0.25) is 11.9 Å². The monoisotopic (exact) mass is 283 g/mol. The van der Waals surface area contributed by atoms with Gasteiger partial charge in [-0.3, -0.25) is 0 Å². The first kappa shape index (κ1) is 14.2. The molecule has 1 unspecified atom stereocenters. The average Bonchev–Trinajstić information content (AvgIpc) is 2.89. The molecule has 6 nitrogen and oxygen atoms in total. The van der Waals surface area contributed by atoms with Crippen molar-refractivity contribution >= 4 is 23.7 Å². The number of anilines is 2. The molecule has 0 amide bonds. The summed E-state index contributed by atoms with van der Waals surface area (Å²) in [5, 5.41) is 6.46. The van der Waals surface area contributed by atoms with Crippen LogP contribution in [0.3, 0.4) is 0 Å². The van der Waals surface area contributed by atoms with Crippen LogP contribution in [0.1, 0.15) is 26.7 Å². The van der Waals surface area contributed by atoms with Gasteiger partial charge in [-0.1, -0.05) is 6.92 Å². The molecular weight excluding hydrogens is 262 g/mol. The third-order valence-electron chi connectivity index (χ3n) is 2.65. The molecule has 1 aromatic heterocycles. The van der Waals surface area contributed by atoms with Crippen LogP contribution in [0, 0.1) is 0 Å². The Morgan fingerprint density at radius 1 is 1.26 bits per heavy atom. The van der Waals surface area contributed by atoms with E-state index < -0.39 is 0 Å². The predicted octanol–water partition coefficient (Wildman–Crippen LogP) is 2.01. The third kappa shape index (κ3) is 4.41. The lowest BCUT2D eigenvalue weighted by Crippen LogP contribution is -2.21. The van der Waals surface area contributed by atoms with E-state index in [9.17, 15) is 0 Å². The van der Waals surface area contributed by atoms with Crippen LogP contribution in [0.2, 0.25) is 0 Å². The van der Waals surface area contributed by atoms with E-state index in [4.69, 9.17) is 4.74 Å². The summed E-state index contributed by atoms with van der Waals surface area (Å²) in [4.78, 5) is 12.9. The van der Waals surface area contributed by atoms with E-state index in [2.05, 4.69) is 32.5 Å². The highest BCUT2D eigenvalue weighted by Crippen LogP contribution is 2.21. The molecule has 1 aromatic rings. The quantitative estimate of drug-likeness (QED) is 0.793. The fourth-order valence-electron chi connectivity index (χ4n) is 1.75. The van der Waals surface area contributed by atoms with Gasteiger partial charge < -0.3 is 15.4 Å². The van der Waals surface area contributed by atoms with Gasteiger partial charge in [-0.05, 0) is 25.5 Å². The van der Waals surface area contributed by atoms with Crippen molar-refractivity contribution in [3.63, 3.8) is 0 Å². The number of nitrogens with zero attached hydrogens (tertiary/aromatic N) is 3. The van der Waals surface area contributed by atoms with Crippen LogP contribution in [-0.2, 0) is 0 Å². The summed E-state index contributed by atoms with van der Waals surface area (Å²) in [6.45, 7) is 5.46. The van der Waals surface area contributed by atoms with Gasteiger partial charge >= 0.3 is 6.01 Å². The van der Waals surface area contributed by atoms with Crippen LogP contribution in [0.4, 0.5) is 11.9 Å². The molecule has 1 aliphatic heterocycles. The largest absolute Gasteiger partial charge is 0.463 e. The van der Waals surface area contributed by atoms with Crippen molar-refractivity contribution in [3.8, 4) is 6.01 Å². The van der Waals surface area contributed by atoms with Crippen molar-refractivity contribution in [2.24, 2.45) is 0 Å². The Labute approximate surface area is 118 Å². The lowest BCUT2D eigenvalue weighted by atomic mass is 10.3. The van der Waals surface area contributed by atoms with Crippen molar-refractivity contribution in [2.75, 3.05) is 35.3 Å². The highest BCUT2D eigenvalue weighted by molar-refractivity contribution is 7.99. The second kappa shape index (κ2) is 7.37. The Kier molecular flexibility index (Phi) is 5.50. The first-order chi connectivity index (χ1) is 9.31. The number of nitrogens with one attached hydrogen (secondary N) is 2. The van der Waals surface area contributed by atoms with Crippen LogP contribution >= 0.6 is 11.8 Å². The Hall–Kier alpha value is -1.24. The van der Waals surface area contributed by atoms with E-state index >= 15 is 0 Å². The maximum atomic E-state index is 5.50. The van der Waals surface area contributed by atoms with Crippen LogP contribution < -0.4 is 15.4 Å². The van der Waals surface area contributed by atoms with Gasteiger partial charge in [-0.2, -0.15) is 26.7 Å². The molecule has 0 bridgehead atoms. The molecule has 0 saturated carbocycles. The summed E-state index contributed by atoms with van der Waals surface area (Å²) >= 11 is 1.95. The van der Waals surface area contributed by atoms with Crippen molar-refractivity contribution in [1.29, 1.82) is 0 Å². The Morgan fingerprint density at radius 2 is 2.11 bits per heavy atom. The Bertz CT molecular complexity index is 398. The zero-order chi connectivity index (χ0) is 13.5. The van der Waals surface area contributed by atoms with E-state index in [0.717, 1.165) is 25.1 Å². The van der Waals surface area contributed by atoms with Gasteiger partial charge in [0.25, 0.3) is 0 Å². The summed E-state index contributed by atoms with van der Waals surface area (Å²) in [6.07, 6.45) is 2.09. The van der Waals surface area contributed by atoms with Crippen molar-refractivity contribution in [1.82, 2.24) is 15.0 Å². The fraction of sp³-hybridized carbons (Fsp3) is 0.750. The van der Waals surface area contributed by atoms with E-state index in [1.54, 1.807) is 0 Å². The van der Waals surface area contributed by atoms with E-state index in [1.165, 1.54) is 5.75 Å². The number of aromatic nitrogens is 3. The molecule has 19 heavy (non-hydrogen) atoms. The fourth-order valence-corrected chi connectivity index (χ4v) is 2.90. The molecule has 0 aromatic carbocycles. The van der Waals surface area contributed by atoms with Crippen molar-refractivity contribution in [3.05, 3.63) is 0 Å². The van der Waals surface area contributed by atoms with Crippen LogP contribution in [0.25, 0.3) is 0 Å². The van der Waals surface area contributed by atoms with Crippen LogP contribution in [0.5, 0.6) is 6.01 Å². The minimum atomic E-state index is 0.390. The minimum absolute atomic E-state index is 0.390. The second-order valence-corrected chi connectivity index (χ2v) is 5.50. The molecule has 1 fully saturated rings. The molecule has 1 saturated heterocycles. The summed E-state index contributed by atoms with van der Waals surface area (Å²) < 4.78 is 5.50. The first-order valence-corrected chi connectivity index (χ1v) is 7.94. The SMILES string of the molecule is CCCOc1nc(NCC)nc(NC2CCSC2)n1. The molecule has 2 rings (SSSR count). The third-order valence-corrected chi connectivity index (χ3v) is 3.81. The number of hydrogen-bond acceptors (Lipinski definition) is 7. The molecule has 1 atom stereocenters. The summed E-state index contributed by atoms with van der Waals surface area (Å²) in [5.74, 6) is 3.47. The molecule has 0 spiro atoms. The maximum Gasteiger partial charge on any atom is 0.323 e. The first-order valence-electron chi connectivity index (χ1n) is 6.78. The highest BCUT2D eigenvalue weighted by Gasteiger charge is 2.17. The number of thioether (sulfide) groups is 1. The van der Waals surface area contributed by atoms with Gasteiger partial charge in [0, 0.05) is 18.3 Å². The number of hydrogen-bond donors (Lipinski definition) is 2. The van der Waals surface area contributed by atoms with Gasteiger partial charge in [0.15, 0.2) is 0 Å². The highest BCUT2D eigenvalue weighted by atomic mass is 32.2. The van der Waals surface area contributed by atoms with Gasteiger partial charge in [0.1, 0.15) is 0 Å². The zero-order valence-electron chi connectivity index (χ0n) is 11.5. The van der Waals surface area contributed by atoms with Crippen LogP contribution in [0.15, 0.2) is 0 Å². The average molecular weight is 283 g/mol. The van der Waals surface area contributed by atoms with Crippen LogP contribution in [-0.4, -0.2) is 45.7 Å². The Balaban J connectivity index is 2.07. The number of rotatable bonds is 7. The normalized spacial score (nSPS) is 18.3. The molecule has 2 N–H and O–H groups in total. The van der Waals surface area contributed by atoms with E-state index in [-0.39, 0.29) is 0 Å². The standard InChI is InChI=1S/C12H21N5OS/c1-3-6-18-12-16-10(13-4-2)15-11(17-12)14-9-5-7-19-8-9/h9H,3-8H2,1-2H3,(H2,13,14,15,16,17). The minimum Gasteiger partial charge on any atom is -0.463 e. The molecule has 7 heteroatoms. The molecule has 0 radical (unpaired) electrons. The van der Waals surface area contributed by atoms with Crippen molar-refractivity contribution < 1.29 is 4.74 Å². The zero-order valence-corrected chi connectivity index (χ0v) is 12.3. The molecule has 1 aliphatic rings. The van der Waals surface area contributed by atoms with E-state index in [0.29, 0.717) is 30.6 Å². The second-order valence-electron chi connectivity index (χ2n) is 4.35. The lowest BCUT2D eigenvalue weighted by molar-refractivity contribution is 0.292. The molecule has 106 valence electrons. The predicted molar refractivity (Wildman–Crippen MR) is 79.1 cm³/mol. The van der Waals surface area contributed by atoms with Crippen molar-refractivity contribution in [2.45, 2.75) is 32.7 Å². The van der Waals surface area contributed by atoms with Gasteiger partial charge in [-0.15, -0.1) is 0 Å². The van der Waals surface area contributed by atoms with Gasteiger partial charge in [0.05, 0.1) is 6.61 Å². The molecular formula is C12H21N5OS. The lowest BCUT2D eigenvalue weighted by Gasteiger charge is -2.13. The van der Waals surface area contributed by atoms with Gasteiger partial charge in [-0.25, -0.2) is 0 Å². The summed E-state index contributed by atoms with van der Waals surface area (Å²) in [5.41, 5.74) is 0. The maximum absolute atomic E-state index is 5.50. The summed E-state index contributed by atoms with van der Waals surface area (Å²) in [6, 6.07) is 0.835. The smallest absolute Gasteiger partial charge is 0.323 e. The molecule has 2 heterocycles. The summed E-state index contributed by atoms with van der Waals surface area (Å²) in [7, 11) is 0. The topological polar surface area (TPSA) is 72.0 Å². The van der Waals surface area contributed by atoms with E-state index in [1.807, 2.05) is 18.7 Å². The number of ether oxygens (including phenoxy) is 1.